The van der Waals surface area contributed by atoms with Crippen LogP contribution in [0.15, 0.2) is 79.0 Å². The van der Waals surface area contributed by atoms with Crippen LogP contribution in [-0.2, 0) is 6.42 Å². The first-order chi connectivity index (χ1) is 16.9. The quantitative estimate of drug-likeness (QED) is 0.260. The number of carbonyl (C=O) groups excluding carboxylic acids is 2. The Balaban J connectivity index is 1.54. The van der Waals surface area contributed by atoms with Crippen molar-refractivity contribution >= 4 is 22.6 Å². The van der Waals surface area contributed by atoms with Gasteiger partial charge in [0.05, 0.1) is 12.1 Å². The molecule has 0 aliphatic rings. The summed E-state index contributed by atoms with van der Waals surface area (Å²) in [4.78, 5) is 29.2. The summed E-state index contributed by atoms with van der Waals surface area (Å²) in [5.41, 5.74) is 5.11. The van der Waals surface area contributed by atoms with E-state index in [4.69, 9.17) is 0 Å². The molecule has 0 saturated carbocycles. The summed E-state index contributed by atoms with van der Waals surface area (Å²) in [7, 11) is 0. The second kappa shape index (κ2) is 11.1. The standard InChI is InChI=1S/C29H31N3O3/c1-19-8-10-21(11-9-19)14-15-30-27(22-6-4-3-5-7-22)28(34)25-18-31-26-16-23(12-13-24(25)26)29(35)32-17-20(2)33/h3-13,16,18,20,27,30-31,33H,14-15,17H2,1-2H3,(H,32,35)/t20-,27-/m0/s1. The number of nitrogens with one attached hydrogen (secondary N) is 3. The number of ketones is 1. The molecule has 0 bridgehead atoms. The van der Waals surface area contributed by atoms with Crippen LogP contribution >= 0.6 is 0 Å². The number of aromatic nitrogens is 1. The predicted molar refractivity (Wildman–Crippen MR) is 139 cm³/mol. The van der Waals surface area contributed by atoms with Gasteiger partial charge in [0, 0.05) is 41.3 Å². The Morgan fingerprint density at radius 2 is 1.74 bits per heavy atom. The number of fused-ring (bicyclic) bond motifs is 1. The fourth-order valence-electron chi connectivity index (χ4n) is 4.09. The molecule has 4 N–H and O–H groups in total. The molecule has 0 aliphatic heterocycles. The molecular weight excluding hydrogens is 438 g/mol. The molecule has 1 amide bonds. The van der Waals surface area contributed by atoms with E-state index in [1.165, 1.54) is 11.1 Å². The highest BCUT2D eigenvalue weighted by atomic mass is 16.3. The molecule has 1 aromatic heterocycles. The van der Waals surface area contributed by atoms with Gasteiger partial charge >= 0.3 is 0 Å². The minimum Gasteiger partial charge on any atom is -0.392 e. The molecule has 180 valence electrons. The van der Waals surface area contributed by atoms with Crippen molar-refractivity contribution < 1.29 is 14.7 Å². The molecule has 6 heteroatoms. The van der Waals surface area contributed by atoms with Crippen LogP contribution in [0.4, 0.5) is 0 Å². The Morgan fingerprint density at radius 3 is 2.46 bits per heavy atom. The zero-order valence-electron chi connectivity index (χ0n) is 20.0. The lowest BCUT2D eigenvalue weighted by molar-refractivity contribution is 0.0922. The van der Waals surface area contributed by atoms with Crippen molar-refractivity contribution in [3.63, 3.8) is 0 Å². The van der Waals surface area contributed by atoms with Crippen LogP contribution < -0.4 is 10.6 Å². The Hall–Kier alpha value is -3.74. The Bertz CT molecular complexity index is 1290. The number of amides is 1. The van der Waals surface area contributed by atoms with E-state index in [0.717, 1.165) is 17.4 Å². The van der Waals surface area contributed by atoms with E-state index < -0.39 is 12.1 Å². The Morgan fingerprint density at radius 1 is 1.00 bits per heavy atom. The van der Waals surface area contributed by atoms with Gasteiger partial charge in [0.15, 0.2) is 5.78 Å². The zero-order chi connectivity index (χ0) is 24.8. The number of hydrogen-bond donors (Lipinski definition) is 4. The minimum atomic E-state index is -0.620. The topological polar surface area (TPSA) is 94.2 Å². The van der Waals surface area contributed by atoms with Gasteiger partial charge in [-0.2, -0.15) is 0 Å². The lowest BCUT2D eigenvalue weighted by Gasteiger charge is -2.18. The normalized spacial score (nSPS) is 12.9. The van der Waals surface area contributed by atoms with Gasteiger partial charge < -0.3 is 20.7 Å². The summed E-state index contributed by atoms with van der Waals surface area (Å²) < 4.78 is 0. The Kier molecular flexibility index (Phi) is 7.75. The van der Waals surface area contributed by atoms with Gasteiger partial charge in [-0.25, -0.2) is 0 Å². The highest BCUT2D eigenvalue weighted by Crippen LogP contribution is 2.26. The number of hydrogen-bond acceptors (Lipinski definition) is 4. The van der Waals surface area contributed by atoms with Gasteiger partial charge in [-0.3, -0.25) is 9.59 Å². The van der Waals surface area contributed by atoms with Gasteiger partial charge in [0.2, 0.25) is 0 Å². The van der Waals surface area contributed by atoms with Crippen LogP contribution in [0.3, 0.4) is 0 Å². The highest BCUT2D eigenvalue weighted by Gasteiger charge is 2.24. The molecule has 1 heterocycles. The van der Waals surface area contributed by atoms with E-state index in [9.17, 15) is 14.7 Å². The van der Waals surface area contributed by atoms with Gasteiger partial charge in [-0.05, 0) is 43.5 Å². The minimum absolute atomic E-state index is 0.0299. The maximum atomic E-state index is 13.7. The molecule has 0 unspecified atom stereocenters. The van der Waals surface area contributed by atoms with Gasteiger partial charge in [-0.1, -0.05) is 66.2 Å². The summed E-state index contributed by atoms with van der Waals surface area (Å²) in [6.45, 7) is 4.52. The van der Waals surface area contributed by atoms with Crippen LogP contribution in [0, 0.1) is 6.92 Å². The smallest absolute Gasteiger partial charge is 0.251 e. The maximum Gasteiger partial charge on any atom is 0.251 e. The van der Waals surface area contributed by atoms with E-state index in [2.05, 4.69) is 46.8 Å². The molecule has 35 heavy (non-hydrogen) atoms. The average Bonchev–Trinajstić information content (AvgIpc) is 3.30. The van der Waals surface area contributed by atoms with Gasteiger partial charge in [0.1, 0.15) is 0 Å². The number of H-pyrrole nitrogens is 1. The summed E-state index contributed by atoms with van der Waals surface area (Å²) in [5, 5.41) is 16.3. The fraction of sp³-hybridized carbons (Fsp3) is 0.241. The molecule has 0 aliphatic carbocycles. The van der Waals surface area contributed by atoms with Gasteiger partial charge in [-0.15, -0.1) is 0 Å². The van der Waals surface area contributed by atoms with E-state index >= 15 is 0 Å². The molecule has 3 aromatic carbocycles. The van der Waals surface area contributed by atoms with Crippen molar-refractivity contribution in [1.29, 1.82) is 0 Å². The number of benzene rings is 3. The van der Waals surface area contributed by atoms with Crippen molar-refractivity contribution in [2.45, 2.75) is 32.4 Å². The number of carbonyl (C=O) groups is 2. The number of aliphatic hydroxyl groups is 1. The Labute approximate surface area is 205 Å². The number of aryl methyl sites for hydroxylation is 1. The first-order valence-corrected chi connectivity index (χ1v) is 11.9. The van der Waals surface area contributed by atoms with Crippen LogP contribution in [0.1, 0.15) is 50.4 Å². The second-order valence-corrected chi connectivity index (χ2v) is 8.92. The van der Waals surface area contributed by atoms with Crippen LogP contribution in [0.5, 0.6) is 0 Å². The first-order valence-electron chi connectivity index (χ1n) is 11.9. The molecule has 4 rings (SSSR count). The fourth-order valence-corrected chi connectivity index (χ4v) is 4.09. The molecular formula is C29H31N3O3. The third-order valence-electron chi connectivity index (χ3n) is 6.05. The predicted octanol–water partition coefficient (Wildman–Crippen LogP) is 4.34. The molecule has 6 nitrogen and oxygen atoms in total. The van der Waals surface area contributed by atoms with E-state index in [1.807, 2.05) is 30.3 Å². The summed E-state index contributed by atoms with van der Waals surface area (Å²) in [5.74, 6) is -0.298. The van der Waals surface area contributed by atoms with Crippen LogP contribution in [0.2, 0.25) is 0 Å². The number of rotatable bonds is 10. The van der Waals surface area contributed by atoms with Crippen molar-refractivity contribution in [2.75, 3.05) is 13.1 Å². The van der Waals surface area contributed by atoms with E-state index in [-0.39, 0.29) is 18.2 Å². The summed E-state index contributed by atoms with van der Waals surface area (Å²) in [6.07, 6.45) is 1.91. The van der Waals surface area contributed by atoms with Gasteiger partial charge in [0.25, 0.3) is 5.91 Å². The van der Waals surface area contributed by atoms with Crippen molar-refractivity contribution in [3.05, 3.63) is 107 Å². The molecule has 2 atom stereocenters. The molecule has 0 saturated heterocycles. The largest absolute Gasteiger partial charge is 0.392 e. The lowest BCUT2D eigenvalue weighted by atomic mass is 9.96. The molecule has 4 aromatic rings. The van der Waals surface area contributed by atoms with E-state index in [1.54, 1.807) is 31.3 Å². The second-order valence-electron chi connectivity index (χ2n) is 8.92. The van der Waals surface area contributed by atoms with Crippen LogP contribution in [-0.4, -0.2) is 41.0 Å². The van der Waals surface area contributed by atoms with Crippen LogP contribution in [0.25, 0.3) is 10.9 Å². The van der Waals surface area contributed by atoms with Crippen molar-refractivity contribution in [1.82, 2.24) is 15.6 Å². The average molecular weight is 470 g/mol. The summed E-state index contributed by atoms with van der Waals surface area (Å²) >= 11 is 0. The summed E-state index contributed by atoms with van der Waals surface area (Å²) in [6, 6.07) is 22.9. The third kappa shape index (κ3) is 6.04. The first kappa shape index (κ1) is 24.4. The van der Waals surface area contributed by atoms with E-state index in [0.29, 0.717) is 23.2 Å². The molecule has 0 fully saturated rings. The molecule has 0 spiro atoms. The monoisotopic (exact) mass is 469 g/mol. The lowest BCUT2D eigenvalue weighted by Crippen LogP contribution is -2.30. The maximum absolute atomic E-state index is 13.7. The number of Topliss-reactive ketones (excluding diaryl/α,β-unsaturated/α-hetero) is 1. The number of aromatic amines is 1. The highest BCUT2D eigenvalue weighted by molar-refractivity contribution is 6.11. The molecule has 0 radical (unpaired) electrons. The zero-order valence-corrected chi connectivity index (χ0v) is 20.0. The third-order valence-corrected chi connectivity index (χ3v) is 6.05. The van der Waals surface area contributed by atoms with Crippen molar-refractivity contribution in [3.8, 4) is 0 Å². The van der Waals surface area contributed by atoms with Crippen molar-refractivity contribution in [2.24, 2.45) is 0 Å². The SMILES string of the molecule is Cc1ccc(CCN[C@H](C(=O)c2c[nH]c3cc(C(=O)NC[C@H](C)O)ccc23)c2ccccc2)cc1. The number of aliphatic hydroxyl groups excluding tert-OH is 1.